The van der Waals surface area contributed by atoms with Crippen molar-refractivity contribution in [3.63, 3.8) is 0 Å². The number of rotatable bonds is 5. The van der Waals surface area contributed by atoms with Crippen LogP contribution in [-0.4, -0.2) is 63.9 Å². The topological polar surface area (TPSA) is 56.9 Å². The molecule has 1 fully saturated rings. The first-order chi connectivity index (χ1) is 14.7. The molecule has 0 radical (unpaired) electrons. The summed E-state index contributed by atoms with van der Waals surface area (Å²) >= 11 is 1.65. The number of imidazole rings is 1. The van der Waals surface area contributed by atoms with Crippen LogP contribution in [0.5, 0.6) is 0 Å². The van der Waals surface area contributed by atoms with Gasteiger partial charge in [0.05, 0.1) is 18.5 Å². The van der Waals surface area contributed by atoms with Gasteiger partial charge in [0.25, 0.3) is 0 Å². The Hall–Kier alpha value is -2.81. The molecule has 1 N–H and O–H groups in total. The highest BCUT2D eigenvalue weighted by Gasteiger charge is 2.20. The lowest BCUT2D eigenvalue weighted by molar-refractivity contribution is 0.188. The van der Waals surface area contributed by atoms with E-state index in [4.69, 9.17) is 10.1 Å². The van der Waals surface area contributed by atoms with Crippen LogP contribution in [0, 0.1) is 5.82 Å². The number of aliphatic hydroxyl groups is 1. The Bertz CT molecular complexity index is 1130. The SMILES string of the molecule is OCCN1CCN(c2cc(-c3ccsc3)c3nc(-c4ccc(F)cc4)cn3n2)CC1. The molecule has 0 aliphatic carbocycles. The number of benzene rings is 1. The molecule has 0 spiro atoms. The number of halogens is 1. The second kappa shape index (κ2) is 8.14. The predicted octanol–water partition coefficient (Wildman–Crippen LogP) is 3.38. The van der Waals surface area contributed by atoms with Gasteiger partial charge in [0.15, 0.2) is 5.65 Å². The second-order valence-corrected chi connectivity index (χ2v) is 8.16. The molecule has 0 unspecified atom stereocenters. The molecule has 3 aromatic heterocycles. The Morgan fingerprint density at radius 1 is 1.03 bits per heavy atom. The number of thiophene rings is 1. The van der Waals surface area contributed by atoms with E-state index in [2.05, 4.69) is 32.7 Å². The third-order valence-corrected chi connectivity index (χ3v) is 6.18. The van der Waals surface area contributed by atoms with Crippen LogP contribution in [0.3, 0.4) is 0 Å². The number of fused-ring (bicyclic) bond motifs is 1. The van der Waals surface area contributed by atoms with Gasteiger partial charge in [-0.3, -0.25) is 4.90 Å². The van der Waals surface area contributed by atoms with Crippen LogP contribution in [0.4, 0.5) is 10.2 Å². The molecule has 0 amide bonds. The Kier molecular flexibility index (Phi) is 5.20. The van der Waals surface area contributed by atoms with Crippen molar-refractivity contribution in [1.29, 1.82) is 0 Å². The molecule has 0 saturated carbocycles. The maximum absolute atomic E-state index is 13.3. The number of hydrogen-bond donors (Lipinski definition) is 1. The molecule has 1 aliphatic heterocycles. The van der Waals surface area contributed by atoms with Crippen LogP contribution < -0.4 is 4.90 Å². The van der Waals surface area contributed by atoms with Crippen LogP contribution >= 0.6 is 11.3 Å². The first-order valence-corrected chi connectivity index (χ1v) is 10.9. The van der Waals surface area contributed by atoms with Gasteiger partial charge in [-0.1, -0.05) is 0 Å². The number of aliphatic hydroxyl groups excluding tert-OH is 1. The summed E-state index contributed by atoms with van der Waals surface area (Å²) in [7, 11) is 0. The zero-order chi connectivity index (χ0) is 20.5. The van der Waals surface area contributed by atoms with Crippen molar-refractivity contribution in [3.05, 3.63) is 59.2 Å². The summed E-state index contributed by atoms with van der Waals surface area (Å²) in [6.07, 6.45) is 1.91. The Balaban J connectivity index is 1.55. The highest BCUT2D eigenvalue weighted by molar-refractivity contribution is 7.08. The normalized spacial score (nSPS) is 15.2. The third-order valence-electron chi connectivity index (χ3n) is 5.50. The first kappa shape index (κ1) is 19.2. The molecule has 6 nitrogen and oxygen atoms in total. The second-order valence-electron chi connectivity index (χ2n) is 7.38. The molecule has 30 heavy (non-hydrogen) atoms. The Morgan fingerprint density at radius 2 is 1.83 bits per heavy atom. The van der Waals surface area contributed by atoms with Crippen molar-refractivity contribution in [2.45, 2.75) is 0 Å². The maximum atomic E-state index is 13.3. The van der Waals surface area contributed by atoms with Crippen molar-refractivity contribution in [1.82, 2.24) is 19.5 Å². The van der Waals surface area contributed by atoms with Crippen molar-refractivity contribution >= 4 is 22.8 Å². The smallest absolute Gasteiger partial charge is 0.162 e. The first-order valence-electron chi connectivity index (χ1n) is 9.98. The largest absolute Gasteiger partial charge is 0.395 e. The highest BCUT2D eigenvalue weighted by atomic mass is 32.1. The summed E-state index contributed by atoms with van der Waals surface area (Å²) in [5.41, 5.74) is 4.56. The van der Waals surface area contributed by atoms with Crippen molar-refractivity contribution in [2.75, 3.05) is 44.2 Å². The average molecular weight is 424 g/mol. The molecule has 8 heteroatoms. The monoisotopic (exact) mass is 423 g/mol. The summed E-state index contributed by atoms with van der Waals surface area (Å²) in [5.74, 6) is 0.651. The summed E-state index contributed by atoms with van der Waals surface area (Å²) in [6, 6.07) is 10.6. The van der Waals surface area contributed by atoms with E-state index in [1.807, 2.05) is 10.7 Å². The third kappa shape index (κ3) is 3.69. The Morgan fingerprint density at radius 3 is 2.53 bits per heavy atom. The highest BCUT2D eigenvalue weighted by Crippen LogP contribution is 2.31. The van der Waals surface area contributed by atoms with Gasteiger partial charge in [0, 0.05) is 43.9 Å². The molecule has 1 saturated heterocycles. The summed E-state index contributed by atoms with van der Waals surface area (Å²) in [6.45, 7) is 4.43. The summed E-state index contributed by atoms with van der Waals surface area (Å²) in [5, 5.41) is 18.2. The van der Waals surface area contributed by atoms with E-state index in [1.54, 1.807) is 23.5 Å². The van der Waals surface area contributed by atoms with Crippen LogP contribution in [0.25, 0.3) is 28.0 Å². The zero-order valence-corrected chi connectivity index (χ0v) is 17.2. The minimum Gasteiger partial charge on any atom is -0.395 e. The van der Waals surface area contributed by atoms with Gasteiger partial charge in [-0.05, 0) is 52.7 Å². The lowest BCUT2D eigenvalue weighted by Crippen LogP contribution is -2.47. The van der Waals surface area contributed by atoms with Gasteiger partial charge >= 0.3 is 0 Å². The fourth-order valence-corrected chi connectivity index (χ4v) is 4.51. The molecule has 5 rings (SSSR count). The fourth-order valence-electron chi connectivity index (χ4n) is 3.85. The van der Waals surface area contributed by atoms with E-state index in [0.29, 0.717) is 6.54 Å². The van der Waals surface area contributed by atoms with Crippen LogP contribution in [0.2, 0.25) is 0 Å². The number of piperazine rings is 1. The predicted molar refractivity (Wildman–Crippen MR) is 117 cm³/mol. The molecular weight excluding hydrogens is 401 g/mol. The molecule has 154 valence electrons. The van der Waals surface area contributed by atoms with E-state index in [-0.39, 0.29) is 12.4 Å². The number of β-amino-alcohol motifs (C(OH)–C–C–N with tert-alkyl or cyclic N) is 1. The lowest BCUT2D eigenvalue weighted by atomic mass is 10.1. The quantitative estimate of drug-likeness (QED) is 0.533. The van der Waals surface area contributed by atoms with E-state index in [9.17, 15) is 9.50 Å². The average Bonchev–Trinajstić information content (AvgIpc) is 3.44. The Labute approximate surface area is 177 Å². The minimum atomic E-state index is -0.262. The number of nitrogens with zero attached hydrogens (tertiary/aromatic N) is 5. The van der Waals surface area contributed by atoms with Gasteiger partial charge in [0.1, 0.15) is 11.6 Å². The van der Waals surface area contributed by atoms with Crippen molar-refractivity contribution in [3.8, 4) is 22.4 Å². The van der Waals surface area contributed by atoms with E-state index in [1.165, 1.54) is 12.1 Å². The summed E-state index contributed by atoms with van der Waals surface area (Å²) in [4.78, 5) is 9.36. The van der Waals surface area contributed by atoms with Crippen LogP contribution in [-0.2, 0) is 0 Å². The molecule has 0 bridgehead atoms. The molecule has 0 atom stereocenters. The van der Waals surface area contributed by atoms with Gasteiger partial charge in [-0.25, -0.2) is 13.9 Å². The fraction of sp³-hybridized carbons (Fsp3) is 0.273. The molecule has 4 aromatic rings. The number of hydrogen-bond acceptors (Lipinski definition) is 6. The minimum absolute atomic E-state index is 0.188. The number of anilines is 1. The standard InChI is InChI=1S/C22H22FN5OS/c23-18-3-1-16(2-4-18)20-14-28-22(24-20)19(17-5-12-30-15-17)13-21(25-28)27-8-6-26(7-9-27)10-11-29/h1-5,12-15,29H,6-11H2. The van der Waals surface area contributed by atoms with E-state index < -0.39 is 0 Å². The van der Waals surface area contributed by atoms with Crippen molar-refractivity contribution < 1.29 is 9.50 Å². The molecular formula is C22H22FN5OS. The van der Waals surface area contributed by atoms with E-state index >= 15 is 0 Å². The number of aromatic nitrogens is 3. The van der Waals surface area contributed by atoms with E-state index in [0.717, 1.165) is 60.0 Å². The van der Waals surface area contributed by atoms with Gasteiger partial charge in [-0.2, -0.15) is 11.3 Å². The van der Waals surface area contributed by atoms with Gasteiger partial charge in [-0.15, -0.1) is 5.10 Å². The van der Waals surface area contributed by atoms with Crippen LogP contribution in [0.15, 0.2) is 53.4 Å². The molecule has 1 aromatic carbocycles. The van der Waals surface area contributed by atoms with Crippen LogP contribution in [0.1, 0.15) is 0 Å². The molecule has 4 heterocycles. The zero-order valence-electron chi connectivity index (χ0n) is 16.4. The maximum Gasteiger partial charge on any atom is 0.162 e. The summed E-state index contributed by atoms with van der Waals surface area (Å²) < 4.78 is 15.2. The van der Waals surface area contributed by atoms with Gasteiger partial charge in [0.2, 0.25) is 0 Å². The van der Waals surface area contributed by atoms with Gasteiger partial charge < -0.3 is 10.0 Å². The molecule has 1 aliphatic rings. The lowest BCUT2D eigenvalue weighted by Gasteiger charge is -2.35. The van der Waals surface area contributed by atoms with Crippen molar-refractivity contribution in [2.24, 2.45) is 0 Å².